The Hall–Kier alpha value is -5.35. The fourth-order valence-electron chi connectivity index (χ4n) is 4.62. The van der Waals surface area contributed by atoms with E-state index in [0.29, 0.717) is 24.3 Å². The standard InChI is InChI=1S/C35H37N3O7/c1-44-28-15-9-25(10-16-28)21-29(36)34(41)37-30-18-12-26(22-32(30)45-20-19-24-7-13-27(39)14-8-24)33(40)38-31(35(42)43)17-11-23-5-3-2-4-6-23/h2-10,12-16,18,22,29,31,39H,11,17,19-21,36H2,1H3,(H,37,41)(H,38,40)(H,42,43)/t29-,31-/m0/s1. The van der Waals surface area contributed by atoms with Crippen LogP contribution in [0.15, 0.2) is 97.1 Å². The molecule has 4 aromatic carbocycles. The second-order valence-corrected chi connectivity index (χ2v) is 10.5. The molecule has 45 heavy (non-hydrogen) atoms. The van der Waals surface area contributed by atoms with Crippen LogP contribution >= 0.6 is 0 Å². The molecule has 0 fully saturated rings. The Morgan fingerprint density at radius 3 is 2.18 bits per heavy atom. The van der Waals surface area contributed by atoms with Crippen molar-refractivity contribution in [1.29, 1.82) is 0 Å². The molecule has 0 aliphatic carbocycles. The Morgan fingerprint density at radius 2 is 1.51 bits per heavy atom. The first-order valence-electron chi connectivity index (χ1n) is 14.5. The summed E-state index contributed by atoms with van der Waals surface area (Å²) in [6.07, 6.45) is 1.46. The summed E-state index contributed by atoms with van der Waals surface area (Å²) >= 11 is 0. The number of carboxylic acid groups (broad SMARTS) is 1. The summed E-state index contributed by atoms with van der Waals surface area (Å²) in [6.45, 7) is 0.200. The van der Waals surface area contributed by atoms with E-state index in [2.05, 4.69) is 10.6 Å². The number of nitrogens with two attached hydrogens (primary N) is 1. The highest BCUT2D eigenvalue weighted by Crippen LogP contribution is 2.27. The zero-order chi connectivity index (χ0) is 32.2. The lowest BCUT2D eigenvalue weighted by molar-refractivity contribution is -0.139. The molecule has 6 N–H and O–H groups in total. The van der Waals surface area contributed by atoms with Gasteiger partial charge in [0.1, 0.15) is 23.3 Å². The molecule has 10 nitrogen and oxygen atoms in total. The molecule has 0 heterocycles. The van der Waals surface area contributed by atoms with Crippen LogP contribution < -0.4 is 25.8 Å². The number of aliphatic carboxylic acids is 1. The van der Waals surface area contributed by atoms with Crippen molar-refractivity contribution in [2.45, 2.75) is 37.8 Å². The molecule has 10 heteroatoms. The van der Waals surface area contributed by atoms with Gasteiger partial charge < -0.3 is 36.1 Å². The van der Waals surface area contributed by atoms with Crippen molar-refractivity contribution in [3.8, 4) is 17.2 Å². The van der Waals surface area contributed by atoms with E-state index in [1.807, 2.05) is 42.5 Å². The van der Waals surface area contributed by atoms with Gasteiger partial charge in [-0.1, -0.05) is 54.6 Å². The minimum absolute atomic E-state index is 0.151. The van der Waals surface area contributed by atoms with Gasteiger partial charge in [0.15, 0.2) is 0 Å². The van der Waals surface area contributed by atoms with Crippen LogP contribution in [0.2, 0.25) is 0 Å². The van der Waals surface area contributed by atoms with Crippen molar-refractivity contribution in [1.82, 2.24) is 5.32 Å². The molecule has 4 aromatic rings. The van der Waals surface area contributed by atoms with Crippen LogP contribution in [0.3, 0.4) is 0 Å². The molecular weight excluding hydrogens is 574 g/mol. The quantitative estimate of drug-likeness (QED) is 0.133. The number of benzene rings is 4. The number of nitrogens with one attached hydrogen (secondary N) is 2. The number of methoxy groups -OCH3 is 1. The molecule has 2 amide bonds. The third-order valence-electron chi connectivity index (χ3n) is 7.21. The van der Waals surface area contributed by atoms with Gasteiger partial charge in [-0.15, -0.1) is 0 Å². The molecule has 4 rings (SSSR count). The number of anilines is 1. The Bertz CT molecular complexity index is 1580. The fraction of sp³-hybridized carbons (Fsp3) is 0.229. The molecule has 234 valence electrons. The Kier molecular flexibility index (Phi) is 11.5. The second kappa shape index (κ2) is 15.9. The molecule has 0 radical (unpaired) electrons. The summed E-state index contributed by atoms with van der Waals surface area (Å²) in [5.41, 5.74) is 9.43. The number of amides is 2. The van der Waals surface area contributed by atoms with Gasteiger partial charge >= 0.3 is 5.97 Å². The number of ether oxygens (including phenoxy) is 2. The largest absolute Gasteiger partial charge is 0.508 e. The zero-order valence-electron chi connectivity index (χ0n) is 24.9. The van der Waals surface area contributed by atoms with Gasteiger partial charge in [-0.2, -0.15) is 0 Å². The van der Waals surface area contributed by atoms with Crippen molar-refractivity contribution in [2.75, 3.05) is 19.0 Å². The average Bonchev–Trinajstić information content (AvgIpc) is 3.05. The normalized spacial score (nSPS) is 12.0. The molecule has 0 bridgehead atoms. The van der Waals surface area contributed by atoms with Gasteiger partial charge in [-0.25, -0.2) is 4.79 Å². The van der Waals surface area contributed by atoms with E-state index in [1.165, 1.54) is 18.2 Å². The Labute approximate surface area is 261 Å². The topological polar surface area (TPSA) is 160 Å². The van der Waals surface area contributed by atoms with Crippen molar-refractivity contribution >= 4 is 23.5 Å². The molecule has 0 aliphatic rings. The molecule has 2 atom stereocenters. The minimum Gasteiger partial charge on any atom is -0.508 e. The number of phenols is 1. The highest BCUT2D eigenvalue weighted by atomic mass is 16.5. The van der Waals surface area contributed by atoms with Gasteiger partial charge in [-0.3, -0.25) is 9.59 Å². The van der Waals surface area contributed by atoms with Gasteiger partial charge in [0.05, 0.1) is 25.4 Å². The SMILES string of the molecule is COc1ccc(C[C@H](N)C(=O)Nc2ccc(C(=O)N[C@@H](CCc3ccccc3)C(=O)O)cc2OCCc2ccc(O)cc2)cc1. The second-order valence-electron chi connectivity index (χ2n) is 10.5. The van der Waals surface area contributed by atoms with E-state index in [-0.39, 0.29) is 36.5 Å². The lowest BCUT2D eigenvalue weighted by atomic mass is 10.0. The monoisotopic (exact) mass is 611 g/mol. The predicted molar refractivity (Wildman–Crippen MR) is 171 cm³/mol. The maximum absolute atomic E-state index is 13.2. The first kappa shape index (κ1) is 32.6. The summed E-state index contributed by atoms with van der Waals surface area (Å²) in [6, 6.07) is 25.9. The summed E-state index contributed by atoms with van der Waals surface area (Å²) in [5, 5.41) is 24.7. The smallest absolute Gasteiger partial charge is 0.326 e. The number of aryl methyl sites for hydroxylation is 1. The predicted octanol–water partition coefficient (Wildman–Crippen LogP) is 4.35. The number of hydrogen-bond acceptors (Lipinski definition) is 7. The Morgan fingerprint density at radius 1 is 0.844 bits per heavy atom. The molecule has 0 saturated heterocycles. The molecule has 0 saturated carbocycles. The van der Waals surface area contributed by atoms with Crippen LogP contribution in [0, 0.1) is 0 Å². The molecule has 0 spiro atoms. The number of aromatic hydroxyl groups is 1. The maximum atomic E-state index is 13.2. The summed E-state index contributed by atoms with van der Waals surface area (Å²) in [5.74, 6) is -1.10. The minimum atomic E-state index is -1.14. The van der Waals surface area contributed by atoms with Crippen molar-refractivity contribution in [2.24, 2.45) is 5.73 Å². The first-order chi connectivity index (χ1) is 21.7. The van der Waals surface area contributed by atoms with E-state index < -0.39 is 29.9 Å². The van der Waals surface area contributed by atoms with E-state index in [9.17, 15) is 24.6 Å². The lowest BCUT2D eigenvalue weighted by Gasteiger charge is -2.18. The highest BCUT2D eigenvalue weighted by Gasteiger charge is 2.22. The average molecular weight is 612 g/mol. The van der Waals surface area contributed by atoms with Crippen molar-refractivity contribution in [3.63, 3.8) is 0 Å². The molecule has 0 aromatic heterocycles. The number of phenolic OH excluding ortho intramolecular Hbond substituents is 1. The van der Waals surface area contributed by atoms with Crippen LogP contribution in [0.25, 0.3) is 0 Å². The van der Waals surface area contributed by atoms with E-state index in [4.69, 9.17) is 15.2 Å². The molecule has 0 unspecified atom stereocenters. The Balaban J connectivity index is 1.47. The number of hydrogen-bond donors (Lipinski definition) is 5. The van der Waals surface area contributed by atoms with Gasteiger partial charge in [0.25, 0.3) is 5.91 Å². The van der Waals surface area contributed by atoms with Gasteiger partial charge in [0, 0.05) is 12.0 Å². The molecular formula is C35H37N3O7. The molecule has 0 aliphatic heterocycles. The van der Waals surface area contributed by atoms with Gasteiger partial charge in [0.2, 0.25) is 5.91 Å². The van der Waals surface area contributed by atoms with Crippen molar-refractivity contribution < 1.29 is 34.1 Å². The van der Waals surface area contributed by atoms with Crippen molar-refractivity contribution in [3.05, 3.63) is 119 Å². The van der Waals surface area contributed by atoms with E-state index >= 15 is 0 Å². The summed E-state index contributed by atoms with van der Waals surface area (Å²) < 4.78 is 11.2. The van der Waals surface area contributed by atoms with Gasteiger partial charge in [-0.05, 0) is 78.4 Å². The third-order valence-corrected chi connectivity index (χ3v) is 7.21. The van der Waals surface area contributed by atoms with Crippen LogP contribution in [-0.4, -0.2) is 53.8 Å². The van der Waals surface area contributed by atoms with E-state index in [1.54, 1.807) is 43.5 Å². The van der Waals surface area contributed by atoms with Crippen LogP contribution in [0.4, 0.5) is 5.69 Å². The van der Waals surface area contributed by atoms with Crippen LogP contribution in [0.5, 0.6) is 17.2 Å². The zero-order valence-corrected chi connectivity index (χ0v) is 24.9. The highest BCUT2D eigenvalue weighted by molar-refractivity contribution is 6.00. The number of rotatable bonds is 15. The van der Waals surface area contributed by atoms with Crippen LogP contribution in [-0.2, 0) is 28.9 Å². The first-order valence-corrected chi connectivity index (χ1v) is 14.5. The number of carbonyl (C=O) groups is 3. The van der Waals surface area contributed by atoms with Crippen LogP contribution in [0.1, 0.15) is 33.5 Å². The lowest BCUT2D eigenvalue weighted by Crippen LogP contribution is -2.41. The number of carboxylic acids is 1. The number of carbonyl (C=O) groups excluding carboxylic acids is 2. The maximum Gasteiger partial charge on any atom is 0.326 e. The summed E-state index contributed by atoms with van der Waals surface area (Å²) in [4.78, 5) is 38.2. The van der Waals surface area contributed by atoms with E-state index in [0.717, 1.165) is 16.7 Å². The fourth-order valence-corrected chi connectivity index (χ4v) is 4.62. The third kappa shape index (κ3) is 9.84. The summed E-state index contributed by atoms with van der Waals surface area (Å²) in [7, 11) is 1.57.